The number of nitrogens with one attached hydrogen (secondary N) is 1. The zero-order valence-corrected chi connectivity index (χ0v) is 12.2. The van der Waals surface area contributed by atoms with Crippen molar-refractivity contribution in [2.24, 2.45) is 0 Å². The maximum Gasteiger partial charge on any atom is 0.0821 e. The second kappa shape index (κ2) is 6.58. The van der Waals surface area contributed by atoms with Crippen LogP contribution in [0, 0.1) is 0 Å². The molecule has 102 valence electrons. The molecule has 18 heavy (non-hydrogen) atoms. The normalized spacial score (nSPS) is 25.1. The molecule has 1 fully saturated rings. The van der Waals surface area contributed by atoms with E-state index < -0.39 is 0 Å². The molecule has 0 amide bonds. The molecule has 0 aliphatic heterocycles. The Morgan fingerprint density at radius 1 is 1.39 bits per heavy atom. The highest BCUT2D eigenvalue weighted by Gasteiger charge is 2.28. The van der Waals surface area contributed by atoms with Crippen molar-refractivity contribution < 1.29 is 0 Å². The molecule has 0 bridgehead atoms. The molecule has 1 aliphatic carbocycles. The van der Waals surface area contributed by atoms with E-state index in [1.165, 1.54) is 37.8 Å². The van der Waals surface area contributed by atoms with E-state index in [-0.39, 0.29) is 0 Å². The van der Waals surface area contributed by atoms with Crippen LogP contribution in [-0.4, -0.2) is 22.9 Å². The number of likely N-dealkylation sites (N-methyl/N-ethyl adjacent to an activating group) is 1. The van der Waals surface area contributed by atoms with Crippen LogP contribution >= 0.6 is 11.6 Å². The van der Waals surface area contributed by atoms with E-state index in [9.17, 15) is 0 Å². The van der Waals surface area contributed by atoms with Crippen LogP contribution in [-0.2, 0) is 6.54 Å². The summed E-state index contributed by atoms with van der Waals surface area (Å²) in [6.07, 6.45) is 9.34. The van der Waals surface area contributed by atoms with Gasteiger partial charge in [-0.25, -0.2) is 0 Å². The Hall–Kier alpha value is -0.540. The number of halogens is 1. The smallest absolute Gasteiger partial charge is 0.0821 e. The minimum absolute atomic E-state index is 0.513. The Labute approximate surface area is 115 Å². The van der Waals surface area contributed by atoms with Crippen LogP contribution < -0.4 is 5.32 Å². The monoisotopic (exact) mass is 269 g/mol. The number of rotatable bonds is 4. The predicted molar refractivity (Wildman–Crippen MR) is 76.2 cm³/mol. The fourth-order valence-corrected chi connectivity index (χ4v) is 3.39. The van der Waals surface area contributed by atoms with Gasteiger partial charge in [0, 0.05) is 18.5 Å². The largest absolute Gasteiger partial charge is 0.316 e. The molecular formula is C14H24ClN3. The van der Waals surface area contributed by atoms with Crippen molar-refractivity contribution in [2.45, 2.75) is 64.0 Å². The number of hydrogen-bond donors (Lipinski definition) is 1. The van der Waals surface area contributed by atoms with Gasteiger partial charge < -0.3 is 5.32 Å². The van der Waals surface area contributed by atoms with Gasteiger partial charge in [0.15, 0.2) is 0 Å². The van der Waals surface area contributed by atoms with Crippen LogP contribution in [0.25, 0.3) is 0 Å². The topological polar surface area (TPSA) is 29.9 Å². The van der Waals surface area contributed by atoms with Crippen molar-refractivity contribution in [1.82, 2.24) is 15.1 Å². The lowest BCUT2D eigenvalue weighted by Crippen LogP contribution is -2.32. The van der Waals surface area contributed by atoms with E-state index in [1.54, 1.807) is 0 Å². The van der Waals surface area contributed by atoms with Gasteiger partial charge in [-0.1, -0.05) is 37.8 Å². The van der Waals surface area contributed by atoms with Gasteiger partial charge >= 0.3 is 0 Å². The first-order chi connectivity index (χ1) is 8.77. The molecule has 4 heteroatoms. The predicted octanol–water partition coefficient (Wildman–Crippen LogP) is 3.58. The molecule has 0 radical (unpaired) electrons. The maximum atomic E-state index is 6.38. The van der Waals surface area contributed by atoms with E-state index in [0.717, 1.165) is 18.0 Å². The van der Waals surface area contributed by atoms with Gasteiger partial charge in [0.25, 0.3) is 0 Å². The molecule has 1 aromatic heterocycles. The summed E-state index contributed by atoms with van der Waals surface area (Å²) in [4.78, 5) is 0. The van der Waals surface area contributed by atoms with Gasteiger partial charge in [-0.15, -0.1) is 0 Å². The van der Waals surface area contributed by atoms with Crippen LogP contribution in [0.15, 0.2) is 6.20 Å². The Kier molecular flexibility index (Phi) is 5.07. The number of aromatic nitrogens is 2. The second-order valence-electron chi connectivity index (χ2n) is 5.24. The summed E-state index contributed by atoms with van der Waals surface area (Å²) in [5.74, 6) is 0.513. The Balaban J connectivity index is 2.28. The van der Waals surface area contributed by atoms with E-state index in [1.807, 2.05) is 6.20 Å². The average Bonchev–Trinajstić information content (AvgIpc) is 2.61. The van der Waals surface area contributed by atoms with E-state index in [4.69, 9.17) is 11.6 Å². The highest BCUT2D eigenvalue weighted by atomic mass is 35.5. The van der Waals surface area contributed by atoms with Crippen LogP contribution in [0.2, 0.25) is 5.02 Å². The molecule has 1 heterocycles. The van der Waals surface area contributed by atoms with Gasteiger partial charge in [0.2, 0.25) is 0 Å². The van der Waals surface area contributed by atoms with Crippen LogP contribution in [0.4, 0.5) is 0 Å². The Morgan fingerprint density at radius 2 is 2.17 bits per heavy atom. The summed E-state index contributed by atoms with van der Waals surface area (Å²) in [5.41, 5.74) is 1.25. The lowest BCUT2D eigenvalue weighted by atomic mass is 9.91. The first kappa shape index (κ1) is 13.9. The second-order valence-corrected chi connectivity index (χ2v) is 5.65. The minimum atomic E-state index is 0.513. The van der Waals surface area contributed by atoms with Gasteiger partial charge in [-0.2, -0.15) is 5.10 Å². The van der Waals surface area contributed by atoms with Crippen molar-refractivity contribution >= 4 is 11.6 Å². The van der Waals surface area contributed by atoms with Crippen LogP contribution in [0.3, 0.4) is 0 Å². The van der Waals surface area contributed by atoms with Crippen LogP contribution in [0.1, 0.15) is 57.1 Å². The van der Waals surface area contributed by atoms with Crippen molar-refractivity contribution in [3.63, 3.8) is 0 Å². The molecule has 2 unspecified atom stereocenters. The van der Waals surface area contributed by atoms with E-state index in [0.29, 0.717) is 12.0 Å². The highest BCUT2D eigenvalue weighted by molar-refractivity contribution is 6.31. The lowest BCUT2D eigenvalue weighted by molar-refractivity contribution is 0.409. The third kappa shape index (κ3) is 2.89. The molecule has 0 spiro atoms. The highest BCUT2D eigenvalue weighted by Crippen LogP contribution is 2.35. The molecule has 0 saturated heterocycles. The van der Waals surface area contributed by atoms with Gasteiger partial charge in [0.1, 0.15) is 0 Å². The van der Waals surface area contributed by atoms with E-state index >= 15 is 0 Å². The summed E-state index contributed by atoms with van der Waals surface area (Å²) in [6.45, 7) is 3.15. The van der Waals surface area contributed by atoms with Gasteiger partial charge in [0.05, 0.1) is 16.9 Å². The van der Waals surface area contributed by atoms with Gasteiger partial charge in [-0.05, 0) is 26.3 Å². The Bertz CT molecular complexity index is 375. The maximum absolute atomic E-state index is 6.38. The number of hydrogen-bond acceptors (Lipinski definition) is 2. The summed E-state index contributed by atoms with van der Waals surface area (Å²) >= 11 is 6.38. The third-order valence-corrected chi connectivity index (χ3v) is 4.30. The average molecular weight is 270 g/mol. The molecule has 1 aromatic rings. The summed E-state index contributed by atoms with van der Waals surface area (Å²) in [6, 6.07) is 0.539. The lowest BCUT2D eigenvalue weighted by Gasteiger charge is -2.26. The van der Waals surface area contributed by atoms with Crippen molar-refractivity contribution in [2.75, 3.05) is 7.05 Å². The molecule has 1 saturated carbocycles. The quantitative estimate of drug-likeness (QED) is 0.847. The van der Waals surface area contributed by atoms with Gasteiger partial charge in [-0.3, -0.25) is 4.68 Å². The standard InChI is InChI=1S/C14H24ClN3/c1-3-9-18-14(12(15)10-17-18)11-7-5-4-6-8-13(11)16-2/h10-11,13,16H,3-9H2,1-2H3. The first-order valence-corrected chi connectivity index (χ1v) is 7.54. The third-order valence-electron chi connectivity index (χ3n) is 4.01. The number of aryl methyl sites for hydroxylation is 1. The summed E-state index contributed by atoms with van der Waals surface area (Å²) in [5, 5.41) is 8.76. The zero-order valence-electron chi connectivity index (χ0n) is 11.5. The zero-order chi connectivity index (χ0) is 13.0. The van der Waals surface area contributed by atoms with Crippen molar-refractivity contribution in [3.05, 3.63) is 16.9 Å². The fraction of sp³-hybridized carbons (Fsp3) is 0.786. The minimum Gasteiger partial charge on any atom is -0.316 e. The molecule has 1 aliphatic rings. The fourth-order valence-electron chi connectivity index (χ4n) is 3.11. The van der Waals surface area contributed by atoms with E-state index in [2.05, 4.69) is 29.1 Å². The molecular weight excluding hydrogens is 246 g/mol. The molecule has 3 nitrogen and oxygen atoms in total. The Morgan fingerprint density at radius 3 is 2.89 bits per heavy atom. The molecule has 0 aromatic carbocycles. The molecule has 1 N–H and O–H groups in total. The summed E-state index contributed by atoms with van der Waals surface area (Å²) < 4.78 is 2.11. The van der Waals surface area contributed by atoms with Crippen molar-refractivity contribution in [3.8, 4) is 0 Å². The first-order valence-electron chi connectivity index (χ1n) is 7.16. The number of nitrogens with zero attached hydrogens (tertiary/aromatic N) is 2. The van der Waals surface area contributed by atoms with Crippen LogP contribution in [0.5, 0.6) is 0 Å². The van der Waals surface area contributed by atoms with Crippen molar-refractivity contribution in [1.29, 1.82) is 0 Å². The summed E-state index contributed by atoms with van der Waals surface area (Å²) in [7, 11) is 2.07. The SMILES string of the molecule is CCCn1ncc(Cl)c1C1CCCCCC1NC. The molecule has 2 rings (SSSR count). The molecule has 2 atom stereocenters.